The maximum absolute atomic E-state index is 4.55. The molecule has 0 unspecified atom stereocenters. The van der Waals surface area contributed by atoms with Crippen LogP contribution in [0.5, 0.6) is 0 Å². The summed E-state index contributed by atoms with van der Waals surface area (Å²) in [7, 11) is 1.87. The lowest BCUT2D eigenvalue weighted by Gasteiger charge is -2.44. The first kappa shape index (κ1) is 12.7. The van der Waals surface area contributed by atoms with Gasteiger partial charge >= 0.3 is 0 Å². The molecule has 0 bridgehead atoms. The molecule has 0 radical (unpaired) electrons. The smallest absolute Gasteiger partial charge is 0.224 e. The summed E-state index contributed by atoms with van der Waals surface area (Å²) in [6.07, 6.45) is 11.8. The van der Waals surface area contributed by atoms with Crippen LogP contribution in [-0.4, -0.2) is 30.1 Å². The van der Waals surface area contributed by atoms with Crippen LogP contribution in [0.25, 0.3) is 0 Å². The van der Waals surface area contributed by atoms with Crippen LogP contribution in [-0.2, 0) is 0 Å². The van der Waals surface area contributed by atoms with E-state index in [0.717, 1.165) is 24.9 Å². The van der Waals surface area contributed by atoms with E-state index in [1.807, 2.05) is 19.3 Å². The topological polar surface area (TPSA) is 41.1 Å². The molecular formula is C15H24N4. The Bertz CT molecular complexity index is 416. The molecule has 2 heterocycles. The molecule has 1 N–H and O–H groups in total. The zero-order chi connectivity index (χ0) is 13.1. The third kappa shape index (κ3) is 2.67. The monoisotopic (exact) mass is 260 g/mol. The molecule has 0 aromatic carbocycles. The number of hydrogen-bond donors (Lipinski definition) is 1. The highest BCUT2D eigenvalue weighted by atomic mass is 15.2. The Morgan fingerprint density at radius 3 is 2.53 bits per heavy atom. The van der Waals surface area contributed by atoms with Crippen molar-refractivity contribution >= 4 is 11.8 Å². The number of nitrogens with one attached hydrogen (secondary N) is 1. The number of hydrogen-bond acceptors (Lipinski definition) is 4. The molecule has 1 aromatic heterocycles. The fraction of sp³-hybridized carbons (Fsp3) is 0.733. The summed E-state index contributed by atoms with van der Waals surface area (Å²) in [5.41, 5.74) is 0.660. The van der Waals surface area contributed by atoms with Gasteiger partial charge in [0.2, 0.25) is 5.95 Å². The average molecular weight is 260 g/mol. The van der Waals surface area contributed by atoms with E-state index >= 15 is 0 Å². The Hall–Kier alpha value is -1.32. The molecule has 104 valence electrons. The van der Waals surface area contributed by atoms with Crippen LogP contribution in [0.4, 0.5) is 11.8 Å². The normalized spacial score (nSPS) is 22.5. The van der Waals surface area contributed by atoms with Crippen molar-refractivity contribution in [3.63, 3.8) is 0 Å². The van der Waals surface area contributed by atoms with E-state index in [1.54, 1.807) is 0 Å². The highest BCUT2D eigenvalue weighted by Crippen LogP contribution is 2.44. The first-order valence-corrected chi connectivity index (χ1v) is 7.57. The Balaban J connectivity index is 1.65. The van der Waals surface area contributed by atoms with Gasteiger partial charge in [0, 0.05) is 26.3 Å². The van der Waals surface area contributed by atoms with Gasteiger partial charge in [0.25, 0.3) is 0 Å². The molecule has 1 saturated carbocycles. The van der Waals surface area contributed by atoms with Gasteiger partial charge in [0.1, 0.15) is 5.82 Å². The summed E-state index contributed by atoms with van der Waals surface area (Å²) in [6.45, 7) is 2.31. The van der Waals surface area contributed by atoms with Gasteiger partial charge in [-0.1, -0.05) is 19.3 Å². The molecule has 4 heteroatoms. The van der Waals surface area contributed by atoms with Crippen molar-refractivity contribution in [3.05, 3.63) is 12.3 Å². The van der Waals surface area contributed by atoms with E-state index in [0.29, 0.717) is 5.41 Å². The van der Waals surface area contributed by atoms with Crippen molar-refractivity contribution in [1.29, 1.82) is 0 Å². The molecule has 3 rings (SSSR count). The second kappa shape index (κ2) is 5.35. The van der Waals surface area contributed by atoms with Gasteiger partial charge in [-0.05, 0) is 37.2 Å². The molecule has 2 aliphatic rings. The fourth-order valence-corrected chi connectivity index (χ4v) is 3.66. The van der Waals surface area contributed by atoms with Crippen molar-refractivity contribution < 1.29 is 0 Å². The molecule has 19 heavy (non-hydrogen) atoms. The van der Waals surface area contributed by atoms with Crippen LogP contribution < -0.4 is 10.2 Å². The van der Waals surface area contributed by atoms with Crippen LogP contribution in [0.15, 0.2) is 12.3 Å². The Morgan fingerprint density at radius 2 is 1.84 bits per heavy atom. The standard InChI is InChI=1S/C15H24N4/c1-16-14-17-10-5-13(18-14)19-11-8-15(9-12-19)6-3-2-4-7-15/h5,10H,2-4,6-9,11-12H2,1H3,(H,16,17,18). The first-order chi connectivity index (χ1) is 9.31. The van der Waals surface area contributed by atoms with Crippen molar-refractivity contribution in [2.45, 2.75) is 44.9 Å². The van der Waals surface area contributed by atoms with E-state index in [1.165, 1.54) is 44.9 Å². The summed E-state index contributed by atoms with van der Waals surface area (Å²) in [5.74, 6) is 1.79. The molecule has 2 fully saturated rings. The summed E-state index contributed by atoms with van der Waals surface area (Å²) in [4.78, 5) is 11.2. The quantitative estimate of drug-likeness (QED) is 0.887. The van der Waals surface area contributed by atoms with Gasteiger partial charge in [-0.25, -0.2) is 4.98 Å². The molecule has 1 saturated heterocycles. The molecule has 1 aliphatic carbocycles. The summed E-state index contributed by atoms with van der Waals surface area (Å²) >= 11 is 0. The lowest BCUT2D eigenvalue weighted by Crippen LogP contribution is -2.41. The summed E-state index contributed by atoms with van der Waals surface area (Å²) < 4.78 is 0. The van der Waals surface area contributed by atoms with Crippen LogP contribution >= 0.6 is 0 Å². The maximum Gasteiger partial charge on any atom is 0.224 e. The number of nitrogens with zero attached hydrogens (tertiary/aromatic N) is 3. The third-order valence-corrected chi connectivity index (χ3v) is 4.93. The van der Waals surface area contributed by atoms with Crippen molar-refractivity contribution in [2.24, 2.45) is 5.41 Å². The molecule has 4 nitrogen and oxygen atoms in total. The molecule has 1 aromatic rings. The number of rotatable bonds is 2. The van der Waals surface area contributed by atoms with Crippen molar-refractivity contribution in [3.8, 4) is 0 Å². The lowest BCUT2D eigenvalue weighted by atomic mass is 9.68. The van der Waals surface area contributed by atoms with Gasteiger partial charge in [0.15, 0.2) is 0 Å². The number of anilines is 2. The number of piperidine rings is 1. The highest BCUT2D eigenvalue weighted by molar-refractivity contribution is 5.42. The Kier molecular flexibility index (Phi) is 3.58. The lowest BCUT2D eigenvalue weighted by molar-refractivity contribution is 0.144. The van der Waals surface area contributed by atoms with Gasteiger partial charge in [-0.2, -0.15) is 4.98 Å². The summed E-state index contributed by atoms with van der Waals surface area (Å²) in [5, 5.41) is 3.01. The second-order valence-corrected chi connectivity index (χ2v) is 6.04. The second-order valence-electron chi connectivity index (χ2n) is 6.04. The van der Waals surface area contributed by atoms with E-state index in [4.69, 9.17) is 0 Å². The molecule has 1 spiro atoms. The molecule has 1 aliphatic heterocycles. The van der Waals surface area contributed by atoms with Gasteiger partial charge in [-0.3, -0.25) is 0 Å². The predicted octanol–water partition coefficient (Wildman–Crippen LogP) is 3.07. The molecular weight excluding hydrogens is 236 g/mol. The third-order valence-electron chi connectivity index (χ3n) is 4.93. The van der Waals surface area contributed by atoms with E-state index in [9.17, 15) is 0 Å². The average Bonchev–Trinajstić information content (AvgIpc) is 2.49. The largest absolute Gasteiger partial charge is 0.357 e. The maximum atomic E-state index is 4.55. The SMILES string of the molecule is CNc1nccc(N2CCC3(CCCCC3)CC2)n1. The van der Waals surface area contributed by atoms with E-state index < -0.39 is 0 Å². The van der Waals surface area contributed by atoms with Crippen molar-refractivity contribution in [2.75, 3.05) is 30.4 Å². The Labute approximate surface area is 115 Å². The minimum atomic E-state index is 0.660. The number of aromatic nitrogens is 2. The van der Waals surface area contributed by atoms with Gasteiger partial charge < -0.3 is 10.2 Å². The predicted molar refractivity (Wildman–Crippen MR) is 78.5 cm³/mol. The van der Waals surface area contributed by atoms with Gasteiger partial charge in [-0.15, -0.1) is 0 Å². The van der Waals surface area contributed by atoms with Crippen LogP contribution in [0, 0.1) is 5.41 Å². The fourth-order valence-electron chi connectivity index (χ4n) is 3.66. The van der Waals surface area contributed by atoms with Crippen LogP contribution in [0.3, 0.4) is 0 Å². The highest BCUT2D eigenvalue weighted by Gasteiger charge is 2.35. The zero-order valence-corrected chi connectivity index (χ0v) is 11.9. The van der Waals surface area contributed by atoms with Gasteiger partial charge in [0.05, 0.1) is 0 Å². The zero-order valence-electron chi connectivity index (χ0n) is 11.9. The first-order valence-electron chi connectivity index (χ1n) is 7.57. The van der Waals surface area contributed by atoms with E-state index in [-0.39, 0.29) is 0 Å². The molecule has 0 atom stereocenters. The minimum absolute atomic E-state index is 0.660. The molecule has 0 amide bonds. The van der Waals surface area contributed by atoms with E-state index in [2.05, 4.69) is 20.2 Å². The van der Waals surface area contributed by atoms with Crippen molar-refractivity contribution in [1.82, 2.24) is 9.97 Å². The minimum Gasteiger partial charge on any atom is -0.357 e. The van der Waals surface area contributed by atoms with Crippen LogP contribution in [0.1, 0.15) is 44.9 Å². The Morgan fingerprint density at radius 1 is 1.11 bits per heavy atom. The summed E-state index contributed by atoms with van der Waals surface area (Å²) in [6, 6.07) is 2.03. The van der Waals surface area contributed by atoms with Crippen LogP contribution in [0.2, 0.25) is 0 Å².